The monoisotopic (exact) mass is 492 g/mol. The molecular weight excluding hydrogens is 451 g/mol. The molecule has 0 spiro atoms. The third kappa shape index (κ3) is 8.97. The van der Waals surface area contributed by atoms with Gasteiger partial charge in [0, 0.05) is 35.0 Å². The Morgan fingerprint density at radius 2 is 1.86 bits per heavy atom. The van der Waals surface area contributed by atoms with Gasteiger partial charge in [0.1, 0.15) is 11.6 Å². The summed E-state index contributed by atoms with van der Waals surface area (Å²) in [6.07, 6.45) is 9.01. The van der Waals surface area contributed by atoms with Crippen molar-refractivity contribution in [2.75, 3.05) is 25.0 Å². The Labute approximate surface area is 216 Å². The quantitative estimate of drug-likeness (QED) is 0.367. The smallest absolute Gasteiger partial charge is 0.255 e. The zero-order chi connectivity index (χ0) is 26.9. The van der Waals surface area contributed by atoms with Gasteiger partial charge >= 0.3 is 0 Å². The van der Waals surface area contributed by atoms with Crippen molar-refractivity contribution in [2.24, 2.45) is 0 Å². The van der Waals surface area contributed by atoms with Crippen LogP contribution < -0.4 is 15.4 Å². The number of carbonyl (C=O) groups is 1. The summed E-state index contributed by atoms with van der Waals surface area (Å²) in [4.78, 5) is 12.7. The maximum atomic E-state index is 14.7. The Morgan fingerprint density at radius 3 is 2.39 bits per heavy atom. The van der Waals surface area contributed by atoms with E-state index in [9.17, 15) is 9.18 Å². The highest BCUT2D eigenvalue weighted by Crippen LogP contribution is 2.31. The molecular formula is C31H41FN2O2. The second-order valence-corrected chi connectivity index (χ2v) is 7.62. The molecule has 2 N–H and O–H groups in total. The highest BCUT2D eigenvalue weighted by Gasteiger charge is 2.15. The Bertz CT molecular complexity index is 1060. The summed E-state index contributed by atoms with van der Waals surface area (Å²) < 4.78 is 20.4. The van der Waals surface area contributed by atoms with Crippen molar-refractivity contribution < 1.29 is 13.9 Å². The van der Waals surface area contributed by atoms with Crippen LogP contribution in [-0.2, 0) is 0 Å². The fraction of sp³-hybridized carbons (Fsp3) is 0.323. The second kappa shape index (κ2) is 17.1. The Kier molecular flexibility index (Phi) is 14.5. The molecule has 0 unspecified atom stereocenters. The molecule has 1 aliphatic heterocycles. The normalized spacial score (nSPS) is 12.6. The first kappa shape index (κ1) is 30.6. The zero-order valence-corrected chi connectivity index (χ0v) is 22.4. The summed E-state index contributed by atoms with van der Waals surface area (Å²) in [7, 11) is 0. The maximum absolute atomic E-state index is 14.7. The fourth-order valence-electron chi connectivity index (χ4n) is 3.68. The molecule has 0 aliphatic carbocycles. The number of allylic oxidation sites excluding steroid dienone is 4. The fourth-order valence-corrected chi connectivity index (χ4v) is 3.68. The summed E-state index contributed by atoms with van der Waals surface area (Å²) in [5.74, 6) is 0.00290. The standard InChI is InChI=1S/C25H29FN2O2.C4H6.C2H6/c1-4-17(5-2)22-10-8-20(16-24(22)30-6-3)28-25(29)19-7-9-21(23(26)15-19)18-11-13-27-14-12-18;1-3-4-2;1-2/h4,7-11,15-16,27H,5-6,12-14H2,1-3H3,(H,28,29);3-4H,1-2H2;1-2H3/b17-4+;;. The van der Waals surface area contributed by atoms with Crippen molar-refractivity contribution in [1.29, 1.82) is 0 Å². The van der Waals surface area contributed by atoms with Crippen LogP contribution in [0.3, 0.4) is 0 Å². The van der Waals surface area contributed by atoms with Gasteiger partial charge in [0.15, 0.2) is 0 Å². The summed E-state index contributed by atoms with van der Waals surface area (Å²) in [5.41, 5.74) is 4.65. The van der Waals surface area contributed by atoms with E-state index in [1.165, 1.54) is 11.6 Å². The minimum absolute atomic E-state index is 0.288. The number of hydrogen-bond acceptors (Lipinski definition) is 3. The zero-order valence-electron chi connectivity index (χ0n) is 22.4. The first-order valence-electron chi connectivity index (χ1n) is 12.7. The van der Waals surface area contributed by atoms with Crippen molar-refractivity contribution in [3.05, 3.63) is 96.4 Å². The van der Waals surface area contributed by atoms with Crippen LogP contribution in [0.1, 0.15) is 68.9 Å². The van der Waals surface area contributed by atoms with Crippen LogP contribution in [0.5, 0.6) is 5.75 Å². The number of halogens is 1. The van der Waals surface area contributed by atoms with Gasteiger partial charge in [-0.1, -0.05) is 64.3 Å². The average molecular weight is 493 g/mol. The first-order valence-corrected chi connectivity index (χ1v) is 12.7. The van der Waals surface area contributed by atoms with E-state index in [1.54, 1.807) is 24.3 Å². The minimum atomic E-state index is -0.373. The predicted molar refractivity (Wildman–Crippen MR) is 153 cm³/mol. The van der Waals surface area contributed by atoms with E-state index < -0.39 is 0 Å². The molecule has 0 atom stereocenters. The molecule has 0 fully saturated rings. The van der Waals surface area contributed by atoms with Gasteiger partial charge in [-0.2, -0.15) is 0 Å². The molecule has 4 nitrogen and oxygen atoms in total. The number of amides is 1. The van der Waals surface area contributed by atoms with Crippen molar-refractivity contribution in [1.82, 2.24) is 5.32 Å². The molecule has 1 aliphatic rings. The number of rotatable bonds is 8. The van der Waals surface area contributed by atoms with Gasteiger partial charge in [-0.15, -0.1) is 0 Å². The van der Waals surface area contributed by atoms with E-state index in [4.69, 9.17) is 4.74 Å². The lowest BCUT2D eigenvalue weighted by atomic mass is 9.98. The topological polar surface area (TPSA) is 50.4 Å². The van der Waals surface area contributed by atoms with Crippen LogP contribution in [0, 0.1) is 5.82 Å². The van der Waals surface area contributed by atoms with Gasteiger partial charge in [-0.25, -0.2) is 4.39 Å². The predicted octanol–water partition coefficient (Wildman–Crippen LogP) is 8.05. The van der Waals surface area contributed by atoms with Gasteiger partial charge in [0.2, 0.25) is 0 Å². The maximum Gasteiger partial charge on any atom is 0.255 e. The largest absolute Gasteiger partial charge is 0.493 e. The summed E-state index contributed by atoms with van der Waals surface area (Å²) in [6.45, 7) is 18.9. The molecule has 0 radical (unpaired) electrons. The molecule has 2 aromatic rings. The summed E-state index contributed by atoms with van der Waals surface area (Å²) >= 11 is 0. The summed E-state index contributed by atoms with van der Waals surface area (Å²) in [5, 5.41) is 6.07. The van der Waals surface area contributed by atoms with Gasteiger partial charge < -0.3 is 15.4 Å². The molecule has 5 heteroatoms. The third-order valence-electron chi connectivity index (χ3n) is 5.42. The molecule has 0 saturated carbocycles. The van der Waals surface area contributed by atoms with Crippen LogP contribution in [0.2, 0.25) is 0 Å². The highest BCUT2D eigenvalue weighted by molar-refractivity contribution is 6.04. The molecule has 2 aromatic carbocycles. The Morgan fingerprint density at radius 1 is 1.14 bits per heavy atom. The number of anilines is 1. The molecule has 0 aromatic heterocycles. The van der Waals surface area contributed by atoms with E-state index in [-0.39, 0.29) is 17.3 Å². The van der Waals surface area contributed by atoms with Gasteiger partial charge in [-0.05, 0) is 68.6 Å². The van der Waals surface area contributed by atoms with Crippen molar-refractivity contribution >= 4 is 22.7 Å². The van der Waals surface area contributed by atoms with E-state index in [2.05, 4.69) is 36.8 Å². The van der Waals surface area contributed by atoms with E-state index in [1.807, 2.05) is 52.0 Å². The van der Waals surface area contributed by atoms with Gasteiger partial charge in [0.25, 0.3) is 5.91 Å². The SMILES string of the molecule is C/C=C(\CC)c1ccc(NC(=O)c2ccc(C3=CCNCC3)c(F)c2)cc1OCC.C=CC=C.CC. The number of benzene rings is 2. The lowest BCUT2D eigenvalue weighted by Gasteiger charge is -2.16. The van der Waals surface area contributed by atoms with Crippen molar-refractivity contribution in [3.63, 3.8) is 0 Å². The molecule has 1 heterocycles. The average Bonchev–Trinajstić information content (AvgIpc) is 2.92. The van der Waals surface area contributed by atoms with Crippen molar-refractivity contribution in [3.8, 4) is 5.75 Å². The number of hydrogen-bond donors (Lipinski definition) is 2. The second-order valence-electron chi connectivity index (χ2n) is 7.62. The number of carbonyl (C=O) groups excluding carboxylic acids is 1. The van der Waals surface area contributed by atoms with Crippen LogP contribution in [0.25, 0.3) is 11.1 Å². The van der Waals surface area contributed by atoms with E-state index in [0.29, 0.717) is 17.9 Å². The molecule has 1 amide bonds. The lowest BCUT2D eigenvalue weighted by molar-refractivity contribution is 0.102. The first-order chi connectivity index (χ1) is 17.5. The lowest BCUT2D eigenvalue weighted by Crippen LogP contribution is -2.20. The minimum Gasteiger partial charge on any atom is -0.493 e. The van der Waals surface area contributed by atoms with Crippen LogP contribution >= 0.6 is 0 Å². The van der Waals surface area contributed by atoms with Crippen LogP contribution in [-0.4, -0.2) is 25.6 Å². The van der Waals surface area contributed by atoms with Crippen LogP contribution in [0.15, 0.2) is 73.9 Å². The highest BCUT2D eigenvalue weighted by atomic mass is 19.1. The molecule has 194 valence electrons. The Hall–Kier alpha value is -3.44. The molecule has 0 saturated heterocycles. The van der Waals surface area contributed by atoms with Gasteiger partial charge in [-0.3, -0.25) is 4.79 Å². The number of ether oxygens (including phenoxy) is 1. The third-order valence-corrected chi connectivity index (χ3v) is 5.42. The van der Waals surface area contributed by atoms with E-state index >= 15 is 0 Å². The van der Waals surface area contributed by atoms with Crippen LogP contribution in [0.4, 0.5) is 10.1 Å². The molecule has 3 rings (SSSR count). The summed E-state index contributed by atoms with van der Waals surface area (Å²) in [6, 6.07) is 10.3. The Balaban J connectivity index is 0.000000982. The van der Waals surface area contributed by atoms with Gasteiger partial charge in [0.05, 0.1) is 6.61 Å². The molecule has 36 heavy (non-hydrogen) atoms. The molecule has 0 bridgehead atoms. The van der Waals surface area contributed by atoms with E-state index in [0.717, 1.165) is 42.8 Å². The van der Waals surface area contributed by atoms with Crippen molar-refractivity contribution in [2.45, 2.75) is 47.5 Å². The number of nitrogens with one attached hydrogen (secondary N) is 2.